The van der Waals surface area contributed by atoms with Crippen molar-refractivity contribution in [3.63, 3.8) is 0 Å². The zero-order valence-electron chi connectivity index (χ0n) is 18.6. The van der Waals surface area contributed by atoms with Gasteiger partial charge in [0.1, 0.15) is 11.5 Å². The highest BCUT2D eigenvalue weighted by atomic mass is 79.9. The predicted octanol–water partition coefficient (Wildman–Crippen LogP) is 5.06. The molecule has 33 heavy (non-hydrogen) atoms. The van der Waals surface area contributed by atoms with Crippen LogP contribution in [0, 0.1) is 13.8 Å². The maximum Gasteiger partial charge on any atom is 0.174 e. The van der Waals surface area contributed by atoms with Crippen LogP contribution in [0.25, 0.3) is 16.9 Å². The monoisotopic (exact) mass is 504 g/mol. The van der Waals surface area contributed by atoms with E-state index in [0.717, 1.165) is 45.8 Å². The molecule has 168 valence electrons. The first-order valence-electron chi connectivity index (χ1n) is 10.9. The van der Waals surface area contributed by atoms with Crippen LogP contribution in [0.1, 0.15) is 16.7 Å². The van der Waals surface area contributed by atoms with Crippen molar-refractivity contribution in [1.82, 2.24) is 14.6 Å². The van der Waals surface area contributed by atoms with Crippen molar-refractivity contribution in [2.24, 2.45) is 5.10 Å². The highest BCUT2D eigenvalue weighted by Gasteiger charge is 2.21. The quantitative estimate of drug-likeness (QED) is 0.304. The van der Waals surface area contributed by atoms with Crippen molar-refractivity contribution in [3.05, 3.63) is 75.8 Å². The summed E-state index contributed by atoms with van der Waals surface area (Å²) in [5, 5.41) is 9.35. The van der Waals surface area contributed by atoms with Crippen LogP contribution in [0.3, 0.4) is 0 Å². The molecule has 1 N–H and O–H groups in total. The summed E-state index contributed by atoms with van der Waals surface area (Å²) in [7, 11) is 0. The summed E-state index contributed by atoms with van der Waals surface area (Å²) in [5.41, 5.74) is 9.18. The largest absolute Gasteiger partial charge is 0.378 e. The summed E-state index contributed by atoms with van der Waals surface area (Å²) >= 11 is 3.76. The van der Waals surface area contributed by atoms with Gasteiger partial charge in [-0.2, -0.15) is 14.7 Å². The van der Waals surface area contributed by atoms with E-state index in [0.29, 0.717) is 19.0 Å². The smallest absolute Gasteiger partial charge is 0.174 e. The summed E-state index contributed by atoms with van der Waals surface area (Å²) in [5.74, 6) is 1.61. The summed E-state index contributed by atoms with van der Waals surface area (Å²) < 4.78 is 8.32. The highest BCUT2D eigenvalue weighted by Crippen LogP contribution is 2.34. The van der Waals surface area contributed by atoms with Gasteiger partial charge in [0, 0.05) is 24.7 Å². The number of nitrogens with one attached hydrogen (secondary N) is 1. The number of fused-ring (bicyclic) bond motifs is 1. The molecule has 2 aromatic carbocycles. The molecule has 3 heterocycles. The second kappa shape index (κ2) is 9.33. The molecule has 0 spiro atoms. The van der Waals surface area contributed by atoms with Crippen LogP contribution in [0.2, 0.25) is 0 Å². The van der Waals surface area contributed by atoms with E-state index in [1.54, 1.807) is 6.21 Å². The topological polar surface area (TPSA) is 67.0 Å². The summed E-state index contributed by atoms with van der Waals surface area (Å²) in [6.45, 7) is 7.11. The molecule has 2 aromatic heterocycles. The number of nitrogens with zero attached hydrogens (tertiary/aromatic N) is 5. The van der Waals surface area contributed by atoms with E-state index >= 15 is 0 Å². The number of hydrogen-bond donors (Lipinski definition) is 1. The van der Waals surface area contributed by atoms with Gasteiger partial charge >= 0.3 is 0 Å². The molecule has 0 bridgehead atoms. The zero-order chi connectivity index (χ0) is 22.8. The number of rotatable bonds is 5. The van der Waals surface area contributed by atoms with Crippen molar-refractivity contribution in [2.45, 2.75) is 13.8 Å². The molecular weight excluding hydrogens is 480 g/mol. The first kappa shape index (κ1) is 21.6. The van der Waals surface area contributed by atoms with Crippen molar-refractivity contribution in [1.29, 1.82) is 0 Å². The number of hydrazone groups is 1. The first-order valence-corrected chi connectivity index (χ1v) is 11.7. The van der Waals surface area contributed by atoms with E-state index in [-0.39, 0.29) is 0 Å². The van der Waals surface area contributed by atoms with Crippen molar-refractivity contribution < 1.29 is 4.74 Å². The van der Waals surface area contributed by atoms with Crippen LogP contribution < -0.4 is 10.3 Å². The van der Waals surface area contributed by atoms with Crippen LogP contribution in [0.4, 0.5) is 11.6 Å². The van der Waals surface area contributed by atoms with Crippen LogP contribution >= 0.6 is 15.9 Å². The fourth-order valence-corrected chi connectivity index (χ4v) is 4.44. The van der Waals surface area contributed by atoms with Gasteiger partial charge in [-0.15, -0.1) is 0 Å². The van der Waals surface area contributed by atoms with Crippen LogP contribution in [0.5, 0.6) is 0 Å². The van der Waals surface area contributed by atoms with Crippen LogP contribution in [-0.2, 0) is 4.74 Å². The fraction of sp³-hybridized carbons (Fsp3) is 0.240. The lowest BCUT2D eigenvalue weighted by molar-refractivity contribution is 0.122. The van der Waals surface area contributed by atoms with E-state index in [1.807, 2.05) is 22.7 Å². The molecule has 1 aliphatic heterocycles. The molecule has 1 fully saturated rings. The van der Waals surface area contributed by atoms with Crippen molar-refractivity contribution >= 4 is 39.4 Å². The van der Waals surface area contributed by atoms with Gasteiger partial charge in [-0.25, -0.2) is 4.98 Å². The Hall–Kier alpha value is -3.23. The Balaban J connectivity index is 1.55. The van der Waals surface area contributed by atoms with Gasteiger partial charge in [0.25, 0.3) is 0 Å². The van der Waals surface area contributed by atoms with Gasteiger partial charge in [-0.1, -0.05) is 59.7 Å². The van der Waals surface area contributed by atoms with Crippen LogP contribution in [0.15, 0.2) is 64.2 Å². The Morgan fingerprint density at radius 2 is 1.82 bits per heavy atom. The molecule has 0 unspecified atom stereocenters. The van der Waals surface area contributed by atoms with Gasteiger partial charge in [0.05, 0.1) is 23.9 Å². The number of aryl methyl sites for hydroxylation is 2. The maximum absolute atomic E-state index is 5.56. The summed E-state index contributed by atoms with van der Waals surface area (Å²) in [6, 6.07) is 18.5. The number of aromatic nitrogens is 3. The van der Waals surface area contributed by atoms with Gasteiger partial charge in [-0.05, 0) is 35.3 Å². The normalized spacial score (nSPS) is 14.3. The fourth-order valence-electron chi connectivity index (χ4n) is 3.87. The van der Waals surface area contributed by atoms with Crippen LogP contribution in [-0.4, -0.2) is 47.1 Å². The Morgan fingerprint density at radius 1 is 1.03 bits per heavy atom. The number of ether oxygens (including phenoxy) is 1. The minimum Gasteiger partial charge on any atom is -0.378 e. The van der Waals surface area contributed by atoms with Gasteiger partial charge in [0.2, 0.25) is 0 Å². The summed E-state index contributed by atoms with van der Waals surface area (Å²) in [6.07, 6.45) is 1.80. The number of hydrogen-bond acceptors (Lipinski definition) is 6. The van der Waals surface area contributed by atoms with Crippen molar-refractivity contribution in [3.8, 4) is 11.3 Å². The average molecular weight is 505 g/mol. The molecular formula is C25H25BrN6O. The SMILES string of the molecule is Cc1ccc(-c2nn3c(N4CCOCC4)cc(NN=Cc4cccc(C)c4)nc3c2Br)cc1. The van der Waals surface area contributed by atoms with E-state index in [2.05, 4.69) is 81.6 Å². The molecule has 5 rings (SSSR count). The average Bonchev–Trinajstić information content (AvgIpc) is 3.16. The molecule has 8 heteroatoms. The van der Waals surface area contributed by atoms with E-state index < -0.39 is 0 Å². The highest BCUT2D eigenvalue weighted by molar-refractivity contribution is 9.10. The molecule has 0 atom stereocenters. The minimum atomic E-state index is 0.656. The van der Waals surface area contributed by atoms with E-state index in [4.69, 9.17) is 14.8 Å². The van der Waals surface area contributed by atoms with E-state index in [9.17, 15) is 0 Å². The Labute approximate surface area is 201 Å². The molecule has 0 saturated carbocycles. The lowest BCUT2D eigenvalue weighted by Gasteiger charge is -2.29. The van der Waals surface area contributed by atoms with Gasteiger partial charge in [-0.3, -0.25) is 5.43 Å². The molecule has 4 aromatic rings. The molecule has 7 nitrogen and oxygen atoms in total. The molecule has 0 aliphatic carbocycles. The minimum absolute atomic E-state index is 0.656. The molecule has 0 amide bonds. The Morgan fingerprint density at radius 3 is 2.58 bits per heavy atom. The molecule has 0 radical (unpaired) electrons. The second-order valence-electron chi connectivity index (χ2n) is 8.15. The molecule has 1 aliphatic rings. The number of morpholine rings is 1. The third-order valence-corrected chi connectivity index (χ3v) is 6.34. The first-order chi connectivity index (χ1) is 16.1. The van der Waals surface area contributed by atoms with Gasteiger partial charge < -0.3 is 9.64 Å². The number of halogens is 1. The number of benzene rings is 2. The lowest BCUT2D eigenvalue weighted by atomic mass is 10.1. The predicted molar refractivity (Wildman–Crippen MR) is 136 cm³/mol. The summed E-state index contributed by atoms with van der Waals surface area (Å²) in [4.78, 5) is 7.08. The standard InChI is InChI=1S/C25H25BrN6O/c1-17-6-8-20(9-7-17)24-23(26)25-28-21(29-27-16-19-5-3-4-18(2)14-19)15-22(32(25)30-24)31-10-12-33-13-11-31/h3-9,14-16H,10-13H2,1-2H3,(H,28,29). The van der Waals surface area contributed by atoms with Crippen molar-refractivity contribution in [2.75, 3.05) is 36.6 Å². The Kier molecular flexibility index (Phi) is 6.11. The third kappa shape index (κ3) is 4.62. The third-order valence-electron chi connectivity index (χ3n) is 5.61. The second-order valence-corrected chi connectivity index (χ2v) is 8.94. The van der Waals surface area contributed by atoms with E-state index in [1.165, 1.54) is 11.1 Å². The maximum atomic E-state index is 5.56. The Bertz CT molecular complexity index is 1310. The molecule has 1 saturated heterocycles. The zero-order valence-corrected chi connectivity index (χ0v) is 20.2. The lowest BCUT2D eigenvalue weighted by Crippen LogP contribution is -2.37. The van der Waals surface area contributed by atoms with Gasteiger partial charge in [0.15, 0.2) is 11.5 Å². The number of anilines is 2.